The molecule has 1 amide bonds. The fourth-order valence-electron chi connectivity index (χ4n) is 2.50. The third-order valence-electron chi connectivity index (χ3n) is 3.61. The molecule has 0 unspecified atom stereocenters. The number of carbonyl (C=O) groups is 1. The van der Waals surface area contributed by atoms with Gasteiger partial charge in [-0.05, 0) is 25.5 Å². The number of rotatable bonds is 3. The Morgan fingerprint density at radius 2 is 2.19 bits per heavy atom. The van der Waals surface area contributed by atoms with Gasteiger partial charge in [-0.1, -0.05) is 23.7 Å². The fourth-order valence-corrected chi connectivity index (χ4v) is 3.42. The molecule has 0 radical (unpaired) electrons. The SMILES string of the molecule is Cc1nsc(N(C)[C@@H]2CCN(c3ccccc3Cl)C2=O)n1. The number of likely N-dealkylation sites (N-methyl/N-ethyl adjacent to an activating group) is 1. The molecule has 5 nitrogen and oxygen atoms in total. The molecule has 1 fully saturated rings. The van der Waals surface area contributed by atoms with Gasteiger partial charge in [-0.15, -0.1) is 0 Å². The Labute approximate surface area is 132 Å². The summed E-state index contributed by atoms with van der Waals surface area (Å²) < 4.78 is 4.17. The topological polar surface area (TPSA) is 49.3 Å². The normalized spacial score (nSPS) is 18.3. The van der Waals surface area contributed by atoms with E-state index in [0.29, 0.717) is 11.6 Å². The first-order valence-corrected chi connectivity index (χ1v) is 7.82. The zero-order chi connectivity index (χ0) is 15.0. The molecule has 1 aromatic heterocycles. The summed E-state index contributed by atoms with van der Waals surface area (Å²) in [5.74, 6) is 0.786. The Bertz CT molecular complexity index is 674. The number of hydrogen-bond donors (Lipinski definition) is 0. The summed E-state index contributed by atoms with van der Waals surface area (Å²) in [6.07, 6.45) is 0.749. The van der Waals surface area contributed by atoms with Gasteiger partial charge in [-0.2, -0.15) is 4.37 Å². The highest BCUT2D eigenvalue weighted by molar-refractivity contribution is 7.09. The number of hydrogen-bond acceptors (Lipinski definition) is 5. The van der Waals surface area contributed by atoms with Crippen LogP contribution in [0.3, 0.4) is 0 Å². The maximum Gasteiger partial charge on any atom is 0.249 e. The van der Waals surface area contributed by atoms with Crippen molar-refractivity contribution in [3.05, 3.63) is 35.1 Å². The number of halogens is 1. The van der Waals surface area contributed by atoms with E-state index in [-0.39, 0.29) is 11.9 Å². The standard InChI is InChI=1S/C14H15ClN4OS/c1-9-16-14(21-17-9)18(2)12-7-8-19(13(12)20)11-6-4-3-5-10(11)15/h3-6,12H,7-8H2,1-2H3/t12-/m1/s1. The van der Waals surface area contributed by atoms with Crippen molar-refractivity contribution in [3.8, 4) is 0 Å². The number of anilines is 2. The van der Waals surface area contributed by atoms with Gasteiger partial charge in [0, 0.05) is 25.1 Å². The molecule has 21 heavy (non-hydrogen) atoms. The van der Waals surface area contributed by atoms with Gasteiger partial charge in [0.1, 0.15) is 11.9 Å². The van der Waals surface area contributed by atoms with Gasteiger partial charge >= 0.3 is 0 Å². The second-order valence-electron chi connectivity index (χ2n) is 4.98. The third kappa shape index (κ3) is 2.61. The van der Waals surface area contributed by atoms with Gasteiger partial charge in [0.25, 0.3) is 0 Å². The van der Waals surface area contributed by atoms with Crippen LogP contribution in [-0.4, -0.2) is 34.9 Å². The third-order valence-corrected chi connectivity index (χ3v) is 4.82. The highest BCUT2D eigenvalue weighted by Crippen LogP contribution is 2.31. The predicted molar refractivity (Wildman–Crippen MR) is 85.3 cm³/mol. The van der Waals surface area contributed by atoms with Gasteiger partial charge in [-0.3, -0.25) is 4.79 Å². The Hall–Kier alpha value is -1.66. The lowest BCUT2D eigenvalue weighted by atomic mass is 10.2. The summed E-state index contributed by atoms with van der Waals surface area (Å²) in [5.41, 5.74) is 0.772. The van der Waals surface area contributed by atoms with Crippen LogP contribution in [0, 0.1) is 6.92 Å². The molecule has 1 saturated heterocycles. The van der Waals surface area contributed by atoms with E-state index in [2.05, 4.69) is 9.36 Å². The first kappa shape index (κ1) is 14.3. The van der Waals surface area contributed by atoms with Gasteiger partial charge in [0.15, 0.2) is 0 Å². The van der Waals surface area contributed by atoms with Crippen molar-refractivity contribution in [2.75, 3.05) is 23.4 Å². The van der Waals surface area contributed by atoms with Crippen LogP contribution >= 0.6 is 23.1 Å². The summed E-state index contributed by atoms with van der Waals surface area (Å²) in [4.78, 5) is 20.7. The number of nitrogens with zero attached hydrogens (tertiary/aromatic N) is 4. The summed E-state index contributed by atoms with van der Waals surface area (Å²) in [7, 11) is 1.89. The van der Waals surface area contributed by atoms with E-state index in [0.717, 1.165) is 23.1 Å². The molecule has 0 N–H and O–H groups in total. The summed E-state index contributed by atoms with van der Waals surface area (Å²) >= 11 is 7.50. The fraction of sp³-hybridized carbons (Fsp3) is 0.357. The molecule has 0 bridgehead atoms. The number of para-hydroxylation sites is 1. The number of amides is 1. The summed E-state index contributed by atoms with van der Waals surface area (Å²) in [5, 5.41) is 1.37. The van der Waals surface area contributed by atoms with E-state index in [9.17, 15) is 4.79 Å². The van der Waals surface area contributed by atoms with Crippen LogP contribution < -0.4 is 9.80 Å². The minimum absolute atomic E-state index is 0.0541. The van der Waals surface area contributed by atoms with E-state index in [1.807, 2.05) is 37.1 Å². The molecular formula is C14H15ClN4OS. The van der Waals surface area contributed by atoms with E-state index >= 15 is 0 Å². The first-order chi connectivity index (χ1) is 10.1. The molecule has 0 aliphatic carbocycles. The van der Waals surface area contributed by atoms with Crippen molar-refractivity contribution in [1.82, 2.24) is 9.36 Å². The van der Waals surface area contributed by atoms with Crippen molar-refractivity contribution >= 4 is 39.9 Å². The molecule has 1 aliphatic rings. The lowest BCUT2D eigenvalue weighted by molar-refractivity contribution is -0.118. The smallest absolute Gasteiger partial charge is 0.249 e. The molecule has 2 heterocycles. The molecule has 1 aromatic carbocycles. The lowest BCUT2D eigenvalue weighted by Gasteiger charge is -2.23. The maximum atomic E-state index is 12.7. The zero-order valence-electron chi connectivity index (χ0n) is 11.8. The predicted octanol–water partition coefficient (Wildman–Crippen LogP) is 2.74. The molecule has 7 heteroatoms. The van der Waals surface area contributed by atoms with E-state index in [1.165, 1.54) is 11.5 Å². The van der Waals surface area contributed by atoms with Crippen LogP contribution in [0.5, 0.6) is 0 Å². The van der Waals surface area contributed by atoms with E-state index in [1.54, 1.807) is 11.0 Å². The average Bonchev–Trinajstić information content (AvgIpc) is 3.05. The Morgan fingerprint density at radius 1 is 1.43 bits per heavy atom. The van der Waals surface area contributed by atoms with E-state index in [4.69, 9.17) is 11.6 Å². The molecule has 110 valence electrons. The monoisotopic (exact) mass is 322 g/mol. The average molecular weight is 323 g/mol. The Morgan fingerprint density at radius 3 is 2.86 bits per heavy atom. The second-order valence-corrected chi connectivity index (χ2v) is 6.12. The summed E-state index contributed by atoms with van der Waals surface area (Å²) in [6, 6.07) is 7.21. The second kappa shape index (κ2) is 5.61. The Balaban J connectivity index is 1.82. The number of benzene rings is 1. The van der Waals surface area contributed by atoms with Gasteiger partial charge < -0.3 is 9.80 Å². The van der Waals surface area contributed by atoms with Crippen LogP contribution in [0.25, 0.3) is 0 Å². The zero-order valence-corrected chi connectivity index (χ0v) is 13.4. The largest absolute Gasteiger partial charge is 0.338 e. The minimum Gasteiger partial charge on any atom is -0.338 e. The maximum absolute atomic E-state index is 12.7. The van der Waals surface area contributed by atoms with Crippen LogP contribution in [0.1, 0.15) is 12.2 Å². The van der Waals surface area contributed by atoms with Crippen molar-refractivity contribution in [3.63, 3.8) is 0 Å². The molecule has 3 rings (SSSR count). The number of carbonyl (C=O) groups excluding carboxylic acids is 1. The van der Waals surface area contributed by atoms with Crippen molar-refractivity contribution < 1.29 is 4.79 Å². The highest BCUT2D eigenvalue weighted by Gasteiger charge is 2.37. The van der Waals surface area contributed by atoms with Crippen molar-refractivity contribution in [2.45, 2.75) is 19.4 Å². The molecule has 1 atom stereocenters. The van der Waals surface area contributed by atoms with Crippen molar-refractivity contribution in [1.29, 1.82) is 0 Å². The molecule has 0 saturated carbocycles. The van der Waals surface area contributed by atoms with Crippen LogP contribution in [0.4, 0.5) is 10.8 Å². The van der Waals surface area contributed by atoms with Crippen LogP contribution in [0.2, 0.25) is 5.02 Å². The molecular weight excluding hydrogens is 308 g/mol. The highest BCUT2D eigenvalue weighted by atomic mass is 35.5. The summed E-state index contributed by atoms with van der Waals surface area (Å²) in [6.45, 7) is 2.51. The molecule has 2 aromatic rings. The number of aryl methyl sites for hydroxylation is 1. The van der Waals surface area contributed by atoms with Gasteiger partial charge in [-0.25, -0.2) is 4.98 Å². The first-order valence-electron chi connectivity index (χ1n) is 6.67. The molecule has 1 aliphatic heterocycles. The van der Waals surface area contributed by atoms with Gasteiger partial charge in [0.05, 0.1) is 10.7 Å². The van der Waals surface area contributed by atoms with Crippen LogP contribution in [-0.2, 0) is 4.79 Å². The quantitative estimate of drug-likeness (QED) is 0.872. The van der Waals surface area contributed by atoms with Gasteiger partial charge in [0.2, 0.25) is 11.0 Å². The molecule has 0 spiro atoms. The van der Waals surface area contributed by atoms with Crippen LogP contribution in [0.15, 0.2) is 24.3 Å². The number of aromatic nitrogens is 2. The minimum atomic E-state index is -0.214. The lowest BCUT2D eigenvalue weighted by Crippen LogP contribution is -2.39. The van der Waals surface area contributed by atoms with E-state index < -0.39 is 0 Å². The Kier molecular flexibility index (Phi) is 3.82. The van der Waals surface area contributed by atoms with Crippen molar-refractivity contribution in [2.24, 2.45) is 0 Å².